The predicted molar refractivity (Wildman–Crippen MR) is 92.0 cm³/mol. The van der Waals surface area contributed by atoms with Crippen LogP contribution in [-0.2, 0) is 0 Å². The van der Waals surface area contributed by atoms with Gasteiger partial charge in [-0.1, -0.05) is 0 Å². The molecule has 118 valence electrons. The van der Waals surface area contributed by atoms with Crippen molar-refractivity contribution < 1.29 is 4.92 Å². The molecule has 0 unspecified atom stereocenters. The Morgan fingerprint density at radius 1 is 1.08 bits per heavy atom. The van der Waals surface area contributed by atoms with Crippen molar-refractivity contribution in [3.8, 4) is 15.7 Å². The van der Waals surface area contributed by atoms with Gasteiger partial charge in [-0.2, -0.15) is 0 Å². The van der Waals surface area contributed by atoms with Gasteiger partial charge in [-0.05, 0) is 0 Å². The van der Waals surface area contributed by atoms with E-state index in [0.29, 0.717) is 21.1 Å². The van der Waals surface area contributed by atoms with Crippen molar-refractivity contribution in [2.24, 2.45) is 0 Å². The van der Waals surface area contributed by atoms with Crippen LogP contribution in [-0.4, -0.2) is 33.4 Å². The fraction of sp³-hybridized carbons (Fsp3) is 0. The summed E-state index contributed by atoms with van der Waals surface area (Å²) < 4.78 is 2.60. The molecule has 0 atom stereocenters. The van der Waals surface area contributed by atoms with Gasteiger partial charge in [-0.3, -0.25) is 0 Å². The van der Waals surface area contributed by atoms with Gasteiger partial charge in [-0.15, -0.1) is 0 Å². The second-order valence-electron chi connectivity index (χ2n) is 4.85. The third-order valence-electron chi connectivity index (χ3n) is 3.41. The van der Waals surface area contributed by atoms with Crippen molar-refractivity contribution in [3.63, 3.8) is 0 Å². The molecule has 2 aromatic heterocycles. The molecule has 7 nitrogen and oxygen atoms in total. The Balaban J connectivity index is 1.85. The zero-order valence-electron chi connectivity index (χ0n) is 11.9. The Kier molecular flexibility index (Phi) is 3.61. The summed E-state index contributed by atoms with van der Waals surface area (Å²) in [7, 11) is 0. The van der Waals surface area contributed by atoms with Crippen LogP contribution in [0.1, 0.15) is 0 Å². The topological polar surface area (TPSA) is 90.9 Å². The molecule has 24 heavy (non-hydrogen) atoms. The van der Waals surface area contributed by atoms with Crippen LogP contribution in [0.25, 0.3) is 25.3 Å². The standard InChI is InChI=1S/C15H8N4O3SSe/c20-14-10-6-2-4-8-12(10)24-18(14)15-17-16-13(23-15)9-5-1-3-7-11(9)19(21)22/h1-8H. The third kappa shape index (κ3) is 2.39. The van der Waals surface area contributed by atoms with Crippen molar-refractivity contribution in [2.75, 3.05) is 0 Å². The fourth-order valence-electron chi connectivity index (χ4n) is 2.32. The molecule has 4 aromatic rings. The summed E-state index contributed by atoms with van der Waals surface area (Å²) in [5, 5.41) is 20.9. The van der Waals surface area contributed by atoms with Crippen LogP contribution in [0.3, 0.4) is 0 Å². The van der Waals surface area contributed by atoms with Crippen LogP contribution in [0.4, 0.5) is 5.69 Å². The molecule has 0 radical (unpaired) electrons. The Morgan fingerprint density at radius 3 is 2.62 bits per heavy atom. The van der Waals surface area contributed by atoms with E-state index in [1.54, 1.807) is 27.8 Å². The van der Waals surface area contributed by atoms with Gasteiger partial charge in [0.25, 0.3) is 0 Å². The summed E-state index contributed by atoms with van der Waals surface area (Å²) in [6, 6.07) is 13.8. The molecule has 0 fully saturated rings. The first-order chi connectivity index (χ1) is 11.6. The Morgan fingerprint density at radius 2 is 1.83 bits per heavy atom. The van der Waals surface area contributed by atoms with E-state index in [2.05, 4.69) is 10.2 Å². The van der Waals surface area contributed by atoms with Crippen molar-refractivity contribution >= 4 is 41.4 Å². The van der Waals surface area contributed by atoms with E-state index in [-0.39, 0.29) is 26.0 Å². The maximum atomic E-state index is 12.5. The SMILES string of the molecule is O=c1c2ccccc2[se]n1-c1nnc(-c2ccccc2[N+](=O)[O-])s1. The van der Waals surface area contributed by atoms with E-state index in [1.807, 2.05) is 18.2 Å². The molecule has 0 amide bonds. The van der Waals surface area contributed by atoms with E-state index in [9.17, 15) is 14.9 Å². The summed E-state index contributed by atoms with van der Waals surface area (Å²) in [5.74, 6) is 0. The molecule has 4 rings (SSSR count). The molecule has 2 aromatic carbocycles. The summed E-state index contributed by atoms with van der Waals surface area (Å²) in [4.78, 5) is 23.2. The molecule has 0 spiro atoms. The van der Waals surface area contributed by atoms with Crippen molar-refractivity contribution in [2.45, 2.75) is 0 Å². The molecule has 0 aliphatic carbocycles. The van der Waals surface area contributed by atoms with Gasteiger partial charge >= 0.3 is 145 Å². The normalized spacial score (nSPS) is 11.0. The van der Waals surface area contributed by atoms with Crippen LogP contribution in [0, 0.1) is 10.1 Å². The van der Waals surface area contributed by atoms with Gasteiger partial charge in [0.2, 0.25) is 0 Å². The molecule has 2 heterocycles. The number of benzene rings is 2. The summed E-state index contributed by atoms with van der Waals surface area (Å²) >= 11 is 0.982. The number of aromatic nitrogens is 3. The number of hydrogen-bond acceptors (Lipinski definition) is 6. The minimum absolute atomic E-state index is 0.0262. The Bertz CT molecular complexity index is 1130. The molecule has 0 aliphatic heterocycles. The van der Waals surface area contributed by atoms with Crippen LogP contribution in [0.5, 0.6) is 0 Å². The summed E-state index contributed by atoms with van der Waals surface area (Å²) in [5.41, 5.74) is 0.278. The van der Waals surface area contributed by atoms with E-state index in [1.165, 1.54) is 17.4 Å². The van der Waals surface area contributed by atoms with Gasteiger partial charge in [0.05, 0.1) is 0 Å². The average molecular weight is 403 g/mol. The quantitative estimate of drug-likeness (QED) is 0.298. The van der Waals surface area contributed by atoms with Crippen LogP contribution < -0.4 is 5.56 Å². The van der Waals surface area contributed by atoms with Crippen LogP contribution >= 0.6 is 11.3 Å². The molecule has 9 heteroatoms. The summed E-state index contributed by atoms with van der Waals surface area (Å²) in [6.45, 7) is 0. The van der Waals surface area contributed by atoms with E-state index in [0.717, 1.165) is 4.26 Å². The number of rotatable bonds is 3. The van der Waals surface area contributed by atoms with Crippen molar-refractivity contribution in [1.29, 1.82) is 0 Å². The number of fused-ring (bicyclic) bond motifs is 1. The molecule has 0 saturated heterocycles. The number of nitro groups is 1. The van der Waals surface area contributed by atoms with Gasteiger partial charge < -0.3 is 0 Å². The zero-order chi connectivity index (χ0) is 16.7. The number of nitrogens with zero attached hydrogens (tertiary/aromatic N) is 4. The Hall–Kier alpha value is -2.61. The molecule has 0 aliphatic rings. The first kappa shape index (κ1) is 14.9. The molecular weight excluding hydrogens is 395 g/mol. The number of para-hydroxylation sites is 1. The minimum atomic E-state index is -0.447. The predicted octanol–water partition coefficient (Wildman–Crippen LogP) is 2.47. The summed E-state index contributed by atoms with van der Waals surface area (Å²) in [6.07, 6.45) is 0. The maximum absolute atomic E-state index is 12.5. The first-order valence-corrected chi connectivity index (χ1v) is 9.28. The van der Waals surface area contributed by atoms with Crippen LogP contribution in [0.2, 0.25) is 0 Å². The second-order valence-corrected chi connectivity index (χ2v) is 7.88. The second kappa shape index (κ2) is 5.79. The number of nitro benzene ring substituents is 1. The molecule has 0 saturated carbocycles. The Labute approximate surface area is 144 Å². The monoisotopic (exact) mass is 404 g/mol. The molecular formula is C15H8N4O3SSe. The van der Waals surface area contributed by atoms with Crippen molar-refractivity contribution in [3.05, 3.63) is 69.0 Å². The van der Waals surface area contributed by atoms with Gasteiger partial charge in [-0.25, -0.2) is 0 Å². The van der Waals surface area contributed by atoms with E-state index < -0.39 is 4.92 Å². The third-order valence-corrected chi connectivity index (χ3v) is 6.87. The van der Waals surface area contributed by atoms with Crippen LogP contribution in [0.15, 0.2) is 53.3 Å². The molecule has 0 N–H and O–H groups in total. The fourth-order valence-corrected chi connectivity index (χ4v) is 5.39. The van der Waals surface area contributed by atoms with E-state index >= 15 is 0 Å². The zero-order valence-corrected chi connectivity index (χ0v) is 14.5. The molecule has 0 bridgehead atoms. The van der Waals surface area contributed by atoms with Gasteiger partial charge in [0, 0.05) is 0 Å². The first-order valence-electron chi connectivity index (χ1n) is 6.84. The van der Waals surface area contributed by atoms with Gasteiger partial charge in [0.1, 0.15) is 0 Å². The van der Waals surface area contributed by atoms with E-state index in [4.69, 9.17) is 0 Å². The average Bonchev–Trinajstić information content (AvgIpc) is 3.20. The van der Waals surface area contributed by atoms with Crippen molar-refractivity contribution in [1.82, 2.24) is 13.8 Å². The van der Waals surface area contributed by atoms with Gasteiger partial charge in [0.15, 0.2) is 0 Å². The number of hydrogen-bond donors (Lipinski definition) is 0.